The molecule has 2 rings (SSSR count). The van der Waals surface area contributed by atoms with E-state index in [1.807, 2.05) is 6.07 Å². The molecule has 2 unspecified atom stereocenters. The van der Waals surface area contributed by atoms with E-state index in [-0.39, 0.29) is 6.61 Å². The third-order valence-corrected chi connectivity index (χ3v) is 3.54. The van der Waals surface area contributed by atoms with Gasteiger partial charge >= 0.3 is 12.1 Å². The SMILES string of the molecule is COC(=O)C1CC(F)(F)CC1NC(=O)OCc1ccccc1. The molecule has 1 N–H and O–H groups in total. The van der Waals surface area contributed by atoms with Gasteiger partial charge in [-0.1, -0.05) is 30.3 Å². The highest BCUT2D eigenvalue weighted by Crippen LogP contribution is 2.39. The van der Waals surface area contributed by atoms with Gasteiger partial charge in [-0.15, -0.1) is 0 Å². The minimum absolute atomic E-state index is 0.0265. The van der Waals surface area contributed by atoms with Gasteiger partial charge in [0.1, 0.15) is 6.61 Å². The molecule has 7 heteroatoms. The zero-order valence-corrected chi connectivity index (χ0v) is 12.1. The van der Waals surface area contributed by atoms with Gasteiger partial charge in [-0.3, -0.25) is 4.79 Å². The molecular formula is C15H17F2NO4. The number of carbonyl (C=O) groups excluding carboxylic acids is 2. The third kappa shape index (κ3) is 4.16. The summed E-state index contributed by atoms with van der Waals surface area (Å²) in [6.07, 6.45) is -2.07. The lowest BCUT2D eigenvalue weighted by Crippen LogP contribution is -2.41. The Bertz CT molecular complexity index is 536. The molecule has 22 heavy (non-hydrogen) atoms. The Morgan fingerprint density at radius 1 is 1.27 bits per heavy atom. The maximum Gasteiger partial charge on any atom is 0.407 e. The maximum atomic E-state index is 13.4. The van der Waals surface area contributed by atoms with Crippen LogP contribution in [-0.2, 0) is 20.9 Å². The summed E-state index contributed by atoms with van der Waals surface area (Å²) in [4.78, 5) is 23.2. The molecule has 1 aliphatic carbocycles. The van der Waals surface area contributed by atoms with Crippen molar-refractivity contribution < 1.29 is 27.8 Å². The Balaban J connectivity index is 1.90. The van der Waals surface area contributed by atoms with Crippen molar-refractivity contribution in [3.63, 3.8) is 0 Å². The van der Waals surface area contributed by atoms with Crippen LogP contribution in [0.4, 0.5) is 13.6 Å². The number of methoxy groups -OCH3 is 1. The highest BCUT2D eigenvalue weighted by molar-refractivity contribution is 5.75. The van der Waals surface area contributed by atoms with Crippen LogP contribution < -0.4 is 5.32 Å². The molecule has 0 aromatic heterocycles. The first-order chi connectivity index (χ1) is 10.4. The normalized spacial score (nSPS) is 22.9. The van der Waals surface area contributed by atoms with E-state index in [4.69, 9.17) is 4.74 Å². The van der Waals surface area contributed by atoms with Gasteiger partial charge < -0.3 is 14.8 Å². The molecule has 1 aliphatic rings. The Kier molecular flexibility index (Phi) is 4.95. The molecule has 0 bridgehead atoms. The molecular weight excluding hydrogens is 296 g/mol. The molecule has 2 atom stereocenters. The van der Waals surface area contributed by atoms with E-state index in [1.54, 1.807) is 24.3 Å². The van der Waals surface area contributed by atoms with Crippen LogP contribution in [0.2, 0.25) is 0 Å². The predicted molar refractivity (Wildman–Crippen MR) is 73.2 cm³/mol. The second-order valence-electron chi connectivity index (χ2n) is 5.21. The van der Waals surface area contributed by atoms with E-state index >= 15 is 0 Å². The lowest BCUT2D eigenvalue weighted by molar-refractivity contribution is -0.146. The second-order valence-corrected chi connectivity index (χ2v) is 5.21. The van der Waals surface area contributed by atoms with Crippen LogP contribution in [0, 0.1) is 5.92 Å². The Labute approximate surface area is 126 Å². The number of hydrogen-bond acceptors (Lipinski definition) is 4. The average Bonchev–Trinajstić information content (AvgIpc) is 2.80. The van der Waals surface area contributed by atoms with E-state index in [0.29, 0.717) is 0 Å². The molecule has 0 radical (unpaired) electrons. The Hall–Kier alpha value is -2.18. The quantitative estimate of drug-likeness (QED) is 0.868. The zero-order valence-electron chi connectivity index (χ0n) is 12.1. The topological polar surface area (TPSA) is 64.6 Å². The first-order valence-corrected chi connectivity index (χ1v) is 6.84. The van der Waals surface area contributed by atoms with Gasteiger partial charge in [-0.25, -0.2) is 13.6 Å². The Morgan fingerprint density at radius 3 is 2.59 bits per heavy atom. The van der Waals surface area contributed by atoms with Crippen LogP contribution in [0.15, 0.2) is 30.3 Å². The smallest absolute Gasteiger partial charge is 0.407 e. The molecule has 0 saturated heterocycles. The van der Waals surface area contributed by atoms with Gasteiger partial charge in [-0.05, 0) is 5.56 Å². The van der Waals surface area contributed by atoms with Crippen molar-refractivity contribution >= 4 is 12.1 Å². The zero-order chi connectivity index (χ0) is 16.2. The average molecular weight is 313 g/mol. The van der Waals surface area contributed by atoms with Crippen molar-refractivity contribution in [2.24, 2.45) is 5.92 Å². The summed E-state index contributed by atoms with van der Waals surface area (Å²) < 4.78 is 36.4. The van der Waals surface area contributed by atoms with Gasteiger partial charge in [0.15, 0.2) is 0 Å². The van der Waals surface area contributed by atoms with Crippen molar-refractivity contribution in [1.82, 2.24) is 5.32 Å². The minimum Gasteiger partial charge on any atom is -0.469 e. The van der Waals surface area contributed by atoms with Crippen molar-refractivity contribution in [2.75, 3.05) is 7.11 Å². The molecule has 120 valence electrons. The van der Waals surface area contributed by atoms with E-state index in [9.17, 15) is 18.4 Å². The summed E-state index contributed by atoms with van der Waals surface area (Å²) in [6.45, 7) is 0.0265. The number of esters is 1. The number of carbonyl (C=O) groups is 2. The standard InChI is InChI=1S/C15H17F2NO4/c1-21-13(19)11-7-15(16,17)8-12(11)18-14(20)22-9-10-5-3-2-4-6-10/h2-6,11-12H,7-9H2,1H3,(H,18,20). The summed E-state index contributed by atoms with van der Waals surface area (Å²) in [7, 11) is 1.13. The summed E-state index contributed by atoms with van der Waals surface area (Å²) in [5.74, 6) is -4.83. The molecule has 0 heterocycles. The van der Waals surface area contributed by atoms with E-state index < -0.39 is 42.8 Å². The molecule has 1 aromatic rings. The number of ether oxygens (including phenoxy) is 2. The van der Waals surface area contributed by atoms with E-state index in [1.165, 1.54) is 0 Å². The number of alkyl halides is 2. The number of hydrogen-bond donors (Lipinski definition) is 1. The number of rotatable bonds is 4. The second kappa shape index (κ2) is 6.72. The van der Waals surface area contributed by atoms with Crippen LogP contribution >= 0.6 is 0 Å². The molecule has 1 amide bonds. The van der Waals surface area contributed by atoms with Gasteiger partial charge in [0.2, 0.25) is 0 Å². The molecule has 1 aromatic carbocycles. The summed E-state index contributed by atoms with van der Waals surface area (Å²) >= 11 is 0. The summed E-state index contributed by atoms with van der Waals surface area (Å²) in [5, 5.41) is 2.33. The van der Waals surface area contributed by atoms with Gasteiger partial charge in [-0.2, -0.15) is 0 Å². The van der Waals surface area contributed by atoms with Gasteiger partial charge in [0, 0.05) is 12.8 Å². The highest BCUT2D eigenvalue weighted by atomic mass is 19.3. The highest BCUT2D eigenvalue weighted by Gasteiger charge is 2.50. The maximum absolute atomic E-state index is 13.4. The predicted octanol–water partition coefficient (Wildman–Crippen LogP) is 2.50. The fourth-order valence-electron chi connectivity index (χ4n) is 2.48. The monoisotopic (exact) mass is 313 g/mol. The van der Waals surface area contributed by atoms with Crippen molar-refractivity contribution in [1.29, 1.82) is 0 Å². The summed E-state index contributed by atoms with van der Waals surface area (Å²) in [5.41, 5.74) is 0.777. The Morgan fingerprint density at radius 2 is 1.95 bits per heavy atom. The largest absolute Gasteiger partial charge is 0.469 e. The lowest BCUT2D eigenvalue weighted by Gasteiger charge is -2.18. The van der Waals surface area contributed by atoms with Crippen LogP contribution in [0.25, 0.3) is 0 Å². The van der Waals surface area contributed by atoms with Crippen LogP contribution in [0.1, 0.15) is 18.4 Å². The number of amides is 1. The van der Waals surface area contributed by atoms with E-state index in [0.717, 1.165) is 12.7 Å². The molecule has 5 nitrogen and oxygen atoms in total. The van der Waals surface area contributed by atoms with Crippen LogP contribution in [0.5, 0.6) is 0 Å². The van der Waals surface area contributed by atoms with Crippen molar-refractivity contribution in [3.05, 3.63) is 35.9 Å². The number of nitrogens with one attached hydrogen (secondary N) is 1. The number of alkyl carbamates (subject to hydrolysis) is 1. The van der Waals surface area contributed by atoms with E-state index in [2.05, 4.69) is 10.1 Å². The number of benzene rings is 1. The molecule has 1 fully saturated rings. The number of halogens is 2. The minimum atomic E-state index is -3.00. The van der Waals surface area contributed by atoms with Crippen molar-refractivity contribution in [3.8, 4) is 0 Å². The van der Waals surface area contributed by atoms with Crippen LogP contribution in [-0.4, -0.2) is 31.1 Å². The van der Waals surface area contributed by atoms with Gasteiger partial charge in [0.05, 0.1) is 19.1 Å². The molecule has 1 saturated carbocycles. The molecule has 0 aliphatic heterocycles. The molecule has 0 spiro atoms. The lowest BCUT2D eigenvalue weighted by atomic mass is 10.0. The third-order valence-electron chi connectivity index (χ3n) is 3.54. The first kappa shape index (κ1) is 16.2. The van der Waals surface area contributed by atoms with Crippen molar-refractivity contribution in [2.45, 2.75) is 31.4 Å². The summed E-state index contributed by atoms with van der Waals surface area (Å²) in [6, 6.07) is 7.96. The fraction of sp³-hybridized carbons (Fsp3) is 0.467. The van der Waals surface area contributed by atoms with Crippen LogP contribution in [0.3, 0.4) is 0 Å². The van der Waals surface area contributed by atoms with Gasteiger partial charge in [0.25, 0.3) is 5.92 Å². The fourth-order valence-corrected chi connectivity index (χ4v) is 2.48. The first-order valence-electron chi connectivity index (χ1n) is 6.84.